The normalized spacial score (nSPS) is 14.8. The Morgan fingerprint density at radius 3 is 2.95 bits per heavy atom. The van der Waals surface area contributed by atoms with Gasteiger partial charge in [-0.25, -0.2) is 0 Å². The van der Waals surface area contributed by atoms with Crippen molar-refractivity contribution in [1.29, 1.82) is 0 Å². The molecule has 3 rings (SSSR count). The summed E-state index contributed by atoms with van der Waals surface area (Å²) < 4.78 is 2.30. The number of fused-ring (bicyclic) bond motifs is 1. The minimum atomic E-state index is 0.883. The van der Waals surface area contributed by atoms with E-state index < -0.39 is 0 Å². The molecule has 20 heavy (non-hydrogen) atoms. The summed E-state index contributed by atoms with van der Waals surface area (Å²) in [4.78, 5) is 0. The van der Waals surface area contributed by atoms with Crippen LogP contribution in [0.1, 0.15) is 30.7 Å². The highest BCUT2D eigenvalue weighted by Gasteiger charge is 2.14. The highest BCUT2D eigenvalue weighted by Crippen LogP contribution is 2.23. The minimum absolute atomic E-state index is 0.883. The molecular weight excluding hydrogens is 268 g/mol. The summed E-state index contributed by atoms with van der Waals surface area (Å²) in [5, 5.41) is 9.73. The average molecular weight is 288 g/mol. The summed E-state index contributed by atoms with van der Waals surface area (Å²) in [5.41, 5.74) is 8.07. The second kappa shape index (κ2) is 6.31. The Kier molecular flexibility index (Phi) is 4.25. The molecule has 0 atom stereocenters. The molecule has 1 aromatic carbocycles. The standard InChI is InChI=1S/C15H20N4S/c16-13-7-4-3-6-12(13)9-11-20-15-18-17-14-8-2-1-5-10-19(14)15/h3-4,6-7H,1-2,5,8-11,16H2. The Balaban J connectivity index is 1.62. The minimum Gasteiger partial charge on any atom is -0.399 e. The third-order valence-electron chi connectivity index (χ3n) is 3.73. The summed E-state index contributed by atoms with van der Waals surface area (Å²) in [6.07, 6.45) is 5.82. The van der Waals surface area contributed by atoms with Gasteiger partial charge in [-0.05, 0) is 30.9 Å². The zero-order valence-electron chi connectivity index (χ0n) is 11.6. The van der Waals surface area contributed by atoms with Crippen molar-refractivity contribution in [3.05, 3.63) is 35.7 Å². The van der Waals surface area contributed by atoms with E-state index in [0.717, 1.165) is 41.8 Å². The van der Waals surface area contributed by atoms with Gasteiger partial charge in [0.05, 0.1) is 0 Å². The summed E-state index contributed by atoms with van der Waals surface area (Å²) in [7, 11) is 0. The number of hydrogen-bond donors (Lipinski definition) is 1. The Morgan fingerprint density at radius 2 is 2.05 bits per heavy atom. The van der Waals surface area contributed by atoms with E-state index in [1.165, 1.54) is 24.8 Å². The van der Waals surface area contributed by atoms with Gasteiger partial charge in [0.25, 0.3) is 0 Å². The Bertz CT molecular complexity index is 579. The fourth-order valence-electron chi connectivity index (χ4n) is 2.58. The molecule has 1 aliphatic heterocycles. The number of anilines is 1. The van der Waals surface area contributed by atoms with E-state index in [1.54, 1.807) is 11.8 Å². The van der Waals surface area contributed by atoms with Crippen LogP contribution in [0.15, 0.2) is 29.4 Å². The molecule has 0 saturated carbocycles. The van der Waals surface area contributed by atoms with Gasteiger partial charge in [0.1, 0.15) is 5.82 Å². The molecule has 0 bridgehead atoms. The highest BCUT2D eigenvalue weighted by molar-refractivity contribution is 7.99. The van der Waals surface area contributed by atoms with Gasteiger partial charge in [-0.1, -0.05) is 36.4 Å². The maximum Gasteiger partial charge on any atom is 0.191 e. The van der Waals surface area contributed by atoms with Crippen molar-refractivity contribution < 1.29 is 0 Å². The van der Waals surface area contributed by atoms with E-state index in [9.17, 15) is 0 Å². The molecular formula is C15H20N4S. The van der Waals surface area contributed by atoms with Gasteiger partial charge >= 0.3 is 0 Å². The molecule has 2 aromatic rings. The molecule has 0 amide bonds. The second-order valence-corrected chi connectivity index (χ2v) is 6.22. The number of para-hydroxylation sites is 1. The third kappa shape index (κ3) is 2.98. The van der Waals surface area contributed by atoms with Crippen LogP contribution < -0.4 is 5.73 Å². The van der Waals surface area contributed by atoms with Crippen molar-refractivity contribution >= 4 is 17.4 Å². The van der Waals surface area contributed by atoms with Crippen molar-refractivity contribution in [2.45, 2.75) is 43.8 Å². The van der Waals surface area contributed by atoms with Crippen LogP contribution in [0.3, 0.4) is 0 Å². The molecule has 1 aliphatic rings. The third-order valence-corrected chi connectivity index (χ3v) is 4.70. The van der Waals surface area contributed by atoms with Crippen molar-refractivity contribution in [1.82, 2.24) is 14.8 Å². The number of rotatable bonds is 4. The van der Waals surface area contributed by atoms with Gasteiger partial charge in [-0.3, -0.25) is 0 Å². The maximum atomic E-state index is 5.97. The molecule has 0 saturated heterocycles. The second-order valence-electron chi connectivity index (χ2n) is 5.16. The van der Waals surface area contributed by atoms with Crippen LogP contribution >= 0.6 is 11.8 Å². The summed E-state index contributed by atoms with van der Waals surface area (Å²) >= 11 is 1.79. The van der Waals surface area contributed by atoms with E-state index in [-0.39, 0.29) is 0 Å². The lowest BCUT2D eigenvalue weighted by atomic mass is 10.1. The van der Waals surface area contributed by atoms with Crippen LogP contribution in [0.4, 0.5) is 5.69 Å². The predicted molar refractivity (Wildman–Crippen MR) is 82.9 cm³/mol. The van der Waals surface area contributed by atoms with E-state index in [2.05, 4.69) is 20.8 Å². The van der Waals surface area contributed by atoms with Gasteiger partial charge in [0, 0.05) is 24.4 Å². The number of aryl methyl sites for hydroxylation is 2. The smallest absolute Gasteiger partial charge is 0.191 e. The lowest BCUT2D eigenvalue weighted by molar-refractivity contribution is 0.591. The van der Waals surface area contributed by atoms with Crippen LogP contribution in [-0.2, 0) is 19.4 Å². The van der Waals surface area contributed by atoms with Gasteiger partial charge in [-0.2, -0.15) is 0 Å². The molecule has 1 aromatic heterocycles. The highest BCUT2D eigenvalue weighted by atomic mass is 32.2. The van der Waals surface area contributed by atoms with Crippen LogP contribution in [0, 0.1) is 0 Å². The van der Waals surface area contributed by atoms with Crippen LogP contribution in [0.2, 0.25) is 0 Å². The molecule has 2 N–H and O–H groups in total. The molecule has 4 nitrogen and oxygen atoms in total. The summed E-state index contributed by atoms with van der Waals surface area (Å²) in [5.74, 6) is 2.15. The molecule has 5 heteroatoms. The fraction of sp³-hybridized carbons (Fsp3) is 0.467. The monoisotopic (exact) mass is 288 g/mol. The topological polar surface area (TPSA) is 56.7 Å². The molecule has 0 unspecified atom stereocenters. The maximum absolute atomic E-state index is 5.97. The van der Waals surface area contributed by atoms with Crippen LogP contribution in [0.5, 0.6) is 0 Å². The average Bonchev–Trinajstić information content (AvgIpc) is 2.70. The molecule has 0 aliphatic carbocycles. The predicted octanol–water partition coefficient (Wildman–Crippen LogP) is 2.92. The lowest BCUT2D eigenvalue weighted by Gasteiger charge is -2.07. The number of hydrogen-bond acceptors (Lipinski definition) is 4. The summed E-state index contributed by atoms with van der Waals surface area (Å²) in [6.45, 7) is 1.07. The quantitative estimate of drug-likeness (QED) is 0.694. The first kappa shape index (κ1) is 13.5. The number of benzene rings is 1. The Morgan fingerprint density at radius 1 is 1.15 bits per heavy atom. The first-order valence-electron chi connectivity index (χ1n) is 7.23. The van der Waals surface area contributed by atoms with Crippen molar-refractivity contribution in [2.24, 2.45) is 0 Å². The molecule has 0 fully saturated rings. The van der Waals surface area contributed by atoms with E-state index >= 15 is 0 Å². The number of nitrogen functional groups attached to an aromatic ring is 1. The van der Waals surface area contributed by atoms with Crippen molar-refractivity contribution in [3.63, 3.8) is 0 Å². The number of nitrogens with zero attached hydrogens (tertiary/aromatic N) is 3. The largest absolute Gasteiger partial charge is 0.399 e. The molecule has 106 valence electrons. The van der Waals surface area contributed by atoms with Gasteiger partial charge in [0.15, 0.2) is 5.16 Å². The van der Waals surface area contributed by atoms with Gasteiger partial charge in [0.2, 0.25) is 0 Å². The SMILES string of the molecule is Nc1ccccc1CCSc1nnc2n1CCCCC2. The van der Waals surface area contributed by atoms with E-state index in [0.29, 0.717) is 0 Å². The lowest BCUT2D eigenvalue weighted by Crippen LogP contribution is -2.03. The molecule has 0 spiro atoms. The number of thioether (sulfide) groups is 1. The molecule has 0 radical (unpaired) electrons. The first-order valence-corrected chi connectivity index (χ1v) is 8.21. The van der Waals surface area contributed by atoms with Crippen LogP contribution in [-0.4, -0.2) is 20.5 Å². The fourth-order valence-corrected chi connectivity index (χ4v) is 3.53. The Hall–Kier alpha value is -1.49. The molecule has 2 heterocycles. The number of aromatic nitrogens is 3. The van der Waals surface area contributed by atoms with Crippen molar-refractivity contribution in [2.75, 3.05) is 11.5 Å². The first-order chi connectivity index (χ1) is 9.84. The van der Waals surface area contributed by atoms with E-state index in [1.807, 2.05) is 18.2 Å². The van der Waals surface area contributed by atoms with Crippen molar-refractivity contribution in [3.8, 4) is 0 Å². The van der Waals surface area contributed by atoms with Gasteiger partial charge in [-0.15, -0.1) is 10.2 Å². The zero-order chi connectivity index (χ0) is 13.8. The summed E-state index contributed by atoms with van der Waals surface area (Å²) in [6, 6.07) is 8.08. The van der Waals surface area contributed by atoms with E-state index in [4.69, 9.17) is 5.73 Å². The Labute approximate surface area is 123 Å². The van der Waals surface area contributed by atoms with Crippen LogP contribution in [0.25, 0.3) is 0 Å². The number of nitrogens with two attached hydrogens (primary N) is 1. The van der Waals surface area contributed by atoms with Gasteiger partial charge < -0.3 is 10.3 Å². The zero-order valence-corrected chi connectivity index (χ0v) is 12.4.